The summed E-state index contributed by atoms with van der Waals surface area (Å²) in [7, 11) is -3.62. The van der Waals surface area contributed by atoms with Crippen LogP contribution in [0.1, 0.15) is 5.56 Å². The third-order valence-corrected chi connectivity index (χ3v) is 4.99. The molecule has 0 unspecified atom stereocenters. The maximum atomic E-state index is 12.5. The molecule has 0 amide bonds. The van der Waals surface area contributed by atoms with Crippen LogP contribution in [0.3, 0.4) is 0 Å². The maximum absolute atomic E-state index is 12.5. The molecule has 2 heterocycles. The molecule has 7 heteroatoms. The van der Waals surface area contributed by atoms with Gasteiger partial charge in [-0.2, -0.15) is 0 Å². The van der Waals surface area contributed by atoms with Crippen LogP contribution >= 0.6 is 11.6 Å². The largest absolute Gasteiger partial charge is 0.267 e. The molecule has 0 radical (unpaired) electrons. The van der Waals surface area contributed by atoms with Gasteiger partial charge in [-0.1, -0.05) is 18.2 Å². The minimum atomic E-state index is -3.62. The van der Waals surface area contributed by atoms with Gasteiger partial charge < -0.3 is 0 Å². The van der Waals surface area contributed by atoms with Gasteiger partial charge in [-0.05, 0) is 29.7 Å². The highest BCUT2D eigenvalue weighted by atomic mass is 35.5. The van der Waals surface area contributed by atoms with E-state index in [1.54, 1.807) is 6.07 Å². The fourth-order valence-corrected chi connectivity index (χ4v) is 3.61. The molecule has 98 valence electrons. The van der Waals surface area contributed by atoms with Crippen LogP contribution in [0.15, 0.2) is 41.6 Å². The van der Waals surface area contributed by atoms with Crippen molar-refractivity contribution in [2.75, 3.05) is 10.8 Å². The smallest absolute Gasteiger partial charge is 0.266 e. The second-order valence-corrected chi connectivity index (χ2v) is 6.34. The van der Waals surface area contributed by atoms with Gasteiger partial charge in [-0.3, -0.25) is 4.31 Å². The van der Waals surface area contributed by atoms with Gasteiger partial charge in [0.15, 0.2) is 0 Å². The molecule has 0 aliphatic carbocycles. The van der Waals surface area contributed by atoms with Crippen LogP contribution < -0.4 is 4.31 Å². The normalized spacial score (nSPS) is 14.5. The Bertz CT molecular complexity index is 716. The summed E-state index contributed by atoms with van der Waals surface area (Å²) < 4.78 is 26.4. The number of nitrogens with zero attached hydrogens (tertiary/aromatic N) is 3. The van der Waals surface area contributed by atoms with Crippen molar-refractivity contribution in [1.82, 2.24) is 9.97 Å². The van der Waals surface area contributed by atoms with Gasteiger partial charge in [0.05, 0.1) is 18.1 Å². The van der Waals surface area contributed by atoms with E-state index in [0.29, 0.717) is 13.0 Å². The lowest BCUT2D eigenvalue weighted by molar-refractivity contribution is 0.591. The lowest BCUT2D eigenvalue weighted by Crippen LogP contribution is -2.29. The van der Waals surface area contributed by atoms with Crippen molar-refractivity contribution in [2.45, 2.75) is 11.3 Å². The van der Waals surface area contributed by atoms with E-state index in [2.05, 4.69) is 9.97 Å². The van der Waals surface area contributed by atoms with E-state index >= 15 is 0 Å². The third-order valence-electron chi connectivity index (χ3n) is 3.03. The highest BCUT2D eigenvalue weighted by molar-refractivity contribution is 7.92. The summed E-state index contributed by atoms with van der Waals surface area (Å²) in [5, 5.41) is 0.0285. The molecule has 0 N–H and O–H groups in total. The zero-order valence-electron chi connectivity index (χ0n) is 9.82. The van der Waals surface area contributed by atoms with Crippen LogP contribution in [0.25, 0.3) is 0 Å². The molecule has 1 aromatic carbocycles. The molecule has 1 aliphatic heterocycles. The van der Waals surface area contributed by atoms with E-state index in [1.807, 2.05) is 18.2 Å². The summed E-state index contributed by atoms with van der Waals surface area (Å²) in [4.78, 5) is 7.49. The number of anilines is 1. The van der Waals surface area contributed by atoms with E-state index < -0.39 is 10.0 Å². The minimum Gasteiger partial charge on any atom is -0.266 e. The van der Waals surface area contributed by atoms with Crippen LogP contribution in [0.5, 0.6) is 0 Å². The van der Waals surface area contributed by atoms with E-state index in [9.17, 15) is 8.42 Å². The summed E-state index contributed by atoms with van der Waals surface area (Å²) in [6, 6.07) is 7.46. The van der Waals surface area contributed by atoms with Crippen molar-refractivity contribution in [3.05, 3.63) is 47.5 Å². The molecular formula is C12H10ClN3O2S. The summed E-state index contributed by atoms with van der Waals surface area (Å²) >= 11 is 5.57. The summed E-state index contributed by atoms with van der Waals surface area (Å²) in [6.07, 6.45) is 3.17. The quantitative estimate of drug-likeness (QED) is 0.794. The van der Waals surface area contributed by atoms with Crippen molar-refractivity contribution in [3.8, 4) is 0 Å². The van der Waals surface area contributed by atoms with Gasteiger partial charge in [0.2, 0.25) is 5.28 Å². The van der Waals surface area contributed by atoms with Gasteiger partial charge in [0.1, 0.15) is 4.90 Å². The number of rotatable bonds is 2. The first-order chi connectivity index (χ1) is 9.09. The predicted molar refractivity (Wildman–Crippen MR) is 71.7 cm³/mol. The zero-order chi connectivity index (χ0) is 13.5. The molecule has 19 heavy (non-hydrogen) atoms. The second kappa shape index (κ2) is 4.47. The van der Waals surface area contributed by atoms with Gasteiger partial charge >= 0.3 is 0 Å². The molecule has 0 saturated carbocycles. The Balaban J connectivity index is 2.05. The van der Waals surface area contributed by atoms with Crippen LogP contribution in [-0.4, -0.2) is 24.9 Å². The van der Waals surface area contributed by atoms with Crippen molar-refractivity contribution < 1.29 is 8.42 Å². The Hall–Kier alpha value is -1.66. The van der Waals surface area contributed by atoms with E-state index in [4.69, 9.17) is 11.6 Å². The number of sulfonamides is 1. The molecule has 0 saturated heterocycles. The Morgan fingerprint density at radius 3 is 2.58 bits per heavy atom. The molecule has 1 aliphatic rings. The number of para-hydroxylation sites is 1. The van der Waals surface area contributed by atoms with E-state index in [-0.39, 0.29) is 10.2 Å². The lowest BCUT2D eigenvalue weighted by Gasteiger charge is -2.18. The molecule has 5 nitrogen and oxygen atoms in total. The average molecular weight is 296 g/mol. The minimum absolute atomic E-state index is 0.0285. The van der Waals surface area contributed by atoms with Crippen LogP contribution in [-0.2, 0) is 16.4 Å². The van der Waals surface area contributed by atoms with Crippen molar-refractivity contribution in [2.24, 2.45) is 0 Å². The summed E-state index contributed by atoms with van der Waals surface area (Å²) in [5.74, 6) is 0. The zero-order valence-corrected chi connectivity index (χ0v) is 11.4. The Morgan fingerprint density at radius 1 is 1.16 bits per heavy atom. The first-order valence-electron chi connectivity index (χ1n) is 5.67. The number of aromatic nitrogens is 2. The number of hydrogen-bond donors (Lipinski definition) is 0. The second-order valence-electron chi connectivity index (χ2n) is 4.14. The van der Waals surface area contributed by atoms with Crippen molar-refractivity contribution >= 4 is 27.3 Å². The Labute approximate surface area is 115 Å². The van der Waals surface area contributed by atoms with Crippen LogP contribution in [0.4, 0.5) is 5.69 Å². The Morgan fingerprint density at radius 2 is 1.84 bits per heavy atom. The van der Waals surface area contributed by atoms with E-state index in [1.165, 1.54) is 16.7 Å². The van der Waals surface area contributed by atoms with Crippen molar-refractivity contribution in [1.29, 1.82) is 0 Å². The molecular weight excluding hydrogens is 286 g/mol. The highest BCUT2D eigenvalue weighted by Gasteiger charge is 2.30. The molecule has 0 atom stereocenters. The highest BCUT2D eigenvalue weighted by Crippen LogP contribution is 2.32. The van der Waals surface area contributed by atoms with Crippen LogP contribution in [0, 0.1) is 0 Å². The molecule has 0 fully saturated rings. The topological polar surface area (TPSA) is 63.2 Å². The summed E-state index contributed by atoms with van der Waals surface area (Å²) in [6.45, 7) is 0.435. The first-order valence-corrected chi connectivity index (χ1v) is 7.49. The van der Waals surface area contributed by atoms with Crippen molar-refractivity contribution in [3.63, 3.8) is 0 Å². The number of hydrogen-bond acceptors (Lipinski definition) is 4. The van der Waals surface area contributed by atoms with Crippen LogP contribution in [0.2, 0.25) is 5.28 Å². The molecule has 3 rings (SSSR count). The third kappa shape index (κ3) is 2.06. The predicted octanol–water partition coefficient (Wildman–Crippen LogP) is 1.88. The number of benzene rings is 1. The summed E-state index contributed by atoms with van der Waals surface area (Å²) in [5.41, 5.74) is 1.75. The van der Waals surface area contributed by atoms with E-state index in [0.717, 1.165) is 11.3 Å². The molecule has 0 bridgehead atoms. The Kier molecular flexibility index (Phi) is 2.91. The average Bonchev–Trinajstić information content (AvgIpc) is 2.83. The number of fused-ring (bicyclic) bond motifs is 1. The fraction of sp³-hybridized carbons (Fsp3) is 0.167. The van der Waals surface area contributed by atoms with Gasteiger partial charge in [0.25, 0.3) is 10.0 Å². The molecule has 0 spiro atoms. The van der Waals surface area contributed by atoms with Gasteiger partial charge in [0, 0.05) is 6.54 Å². The standard InChI is InChI=1S/C12H10ClN3O2S/c13-12-14-7-10(8-15-12)19(17,18)16-6-5-9-3-1-2-4-11(9)16/h1-4,7-8H,5-6H2. The monoisotopic (exact) mass is 295 g/mol. The molecule has 1 aromatic heterocycles. The SMILES string of the molecule is O=S(=O)(c1cnc(Cl)nc1)N1CCc2ccccc21. The first kappa shape index (κ1) is 12.4. The maximum Gasteiger partial charge on any atom is 0.267 e. The number of halogens is 1. The van der Waals surface area contributed by atoms with Gasteiger partial charge in [-0.25, -0.2) is 18.4 Å². The fourth-order valence-electron chi connectivity index (χ4n) is 2.12. The van der Waals surface area contributed by atoms with Gasteiger partial charge in [-0.15, -0.1) is 0 Å². The lowest BCUT2D eigenvalue weighted by atomic mass is 10.2. The molecule has 2 aromatic rings.